The van der Waals surface area contributed by atoms with Gasteiger partial charge < -0.3 is 14.5 Å². The number of amides is 1. The molecule has 0 spiro atoms. The number of imidazole rings is 1. The fourth-order valence-corrected chi connectivity index (χ4v) is 6.67. The summed E-state index contributed by atoms with van der Waals surface area (Å²) in [4.78, 5) is 31.4. The first-order valence-corrected chi connectivity index (χ1v) is 16.5. The van der Waals surface area contributed by atoms with Crippen LogP contribution in [0.1, 0.15) is 59.8 Å². The molecule has 11 heteroatoms. The van der Waals surface area contributed by atoms with E-state index >= 15 is 0 Å². The van der Waals surface area contributed by atoms with E-state index in [9.17, 15) is 4.79 Å². The largest absolute Gasteiger partial charge is 0.467 e. The number of aromatic nitrogens is 7. The van der Waals surface area contributed by atoms with Crippen LogP contribution in [-0.2, 0) is 0 Å². The second-order valence-electron chi connectivity index (χ2n) is 13.6. The van der Waals surface area contributed by atoms with Crippen LogP contribution in [0, 0.1) is 20.8 Å². The van der Waals surface area contributed by atoms with E-state index in [-0.39, 0.29) is 17.5 Å². The van der Waals surface area contributed by atoms with Gasteiger partial charge in [-0.25, -0.2) is 14.6 Å². The van der Waals surface area contributed by atoms with Crippen LogP contribution in [0.5, 0.6) is 6.01 Å². The molecule has 1 aliphatic rings. The number of hydrogen-bond donors (Lipinski definition) is 0. The summed E-state index contributed by atoms with van der Waals surface area (Å²) in [5, 5.41) is 9.17. The van der Waals surface area contributed by atoms with E-state index in [1.54, 1.807) is 13.3 Å². The molecule has 3 aromatic heterocycles. The van der Waals surface area contributed by atoms with Crippen LogP contribution >= 0.6 is 0 Å². The summed E-state index contributed by atoms with van der Waals surface area (Å²) in [6.07, 6.45) is 7.24. The van der Waals surface area contributed by atoms with Crippen molar-refractivity contribution in [2.24, 2.45) is 0 Å². The van der Waals surface area contributed by atoms with E-state index in [0.717, 1.165) is 52.1 Å². The van der Waals surface area contributed by atoms with Gasteiger partial charge in [-0.3, -0.25) is 9.36 Å². The zero-order valence-corrected chi connectivity index (χ0v) is 29.0. The molecule has 6 aromatic rings. The number of nitrogens with zero attached hydrogens (tertiary/aromatic N) is 9. The number of hydrogen-bond acceptors (Lipinski definition) is 8. The highest BCUT2D eigenvalue weighted by Gasteiger charge is 2.39. The molecule has 11 nitrogen and oxygen atoms in total. The number of methoxy groups -OCH3 is 1. The SMILES string of the molecule is COc1nccc(N(C)c2ccc(C)c(-c3cn(C4CCC(C)(C)N(C(=O)c5ccc6c(c5)ncn6-c5cc(C)ccc5C)C4)nn3)c2)n1. The molecule has 0 radical (unpaired) electrons. The first-order chi connectivity index (χ1) is 23.5. The Morgan fingerprint density at radius 2 is 1.80 bits per heavy atom. The molecule has 1 fully saturated rings. The third-order valence-electron chi connectivity index (χ3n) is 9.79. The lowest BCUT2D eigenvalue weighted by Gasteiger charge is -2.45. The fourth-order valence-electron chi connectivity index (χ4n) is 6.67. The molecule has 0 N–H and O–H groups in total. The molecule has 0 aliphatic carbocycles. The second-order valence-corrected chi connectivity index (χ2v) is 13.6. The zero-order chi connectivity index (χ0) is 34.4. The number of ether oxygens (including phenoxy) is 1. The molecule has 7 rings (SSSR count). The maximum Gasteiger partial charge on any atom is 0.318 e. The van der Waals surface area contributed by atoms with Gasteiger partial charge in [-0.15, -0.1) is 5.10 Å². The minimum absolute atomic E-state index is 0.00819. The number of carbonyl (C=O) groups is 1. The Hall–Kier alpha value is -5.58. The maximum atomic E-state index is 14.2. The third kappa shape index (κ3) is 6.01. The minimum atomic E-state index is -0.316. The van der Waals surface area contributed by atoms with Gasteiger partial charge in [0, 0.05) is 42.1 Å². The van der Waals surface area contributed by atoms with Crippen molar-refractivity contribution in [3.8, 4) is 23.0 Å². The summed E-state index contributed by atoms with van der Waals surface area (Å²) in [6, 6.07) is 20.6. The zero-order valence-electron chi connectivity index (χ0n) is 29.0. The smallest absolute Gasteiger partial charge is 0.318 e. The number of piperidine rings is 1. The summed E-state index contributed by atoms with van der Waals surface area (Å²) in [6.45, 7) is 11.1. The van der Waals surface area contributed by atoms with Crippen LogP contribution in [-0.4, -0.2) is 71.6 Å². The summed E-state index contributed by atoms with van der Waals surface area (Å²) in [5.74, 6) is 0.708. The summed E-state index contributed by atoms with van der Waals surface area (Å²) in [5.41, 5.74) is 9.31. The first kappa shape index (κ1) is 32.0. The van der Waals surface area contributed by atoms with Gasteiger partial charge in [-0.05, 0) is 107 Å². The molecule has 4 heterocycles. The Labute approximate surface area is 286 Å². The number of fused-ring (bicyclic) bond motifs is 1. The van der Waals surface area contributed by atoms with Crippen molar-refractivity contribution in [2.75, 3.05) is 25.6 Å². The van der Waals surface area contributed by atoms with E-state index in [0.29, 0.717) is 23.9 Å². The Balaban J connectivity index is 1.13. The highest BCUT2D eigenvalue weighted by atomic mass is 16.5. The van der Waals surface area contributed by atoms with Gasteiger partial charge >= 0.3 is 6.01 Å². The number of likely N-dealkylation sites (tertiary alicyclic amines) is 1. The lowest BCUT2D eigenvalue weighted by Crippen LogP contribution is -2.53. The average molecular weight is 656 g/mol. The Kier molecular flexibility index (Phi) is 8.14. The standard InChI is InChI=1S/C38H41N9O2/c1-24-8-9-26(3)34(18-24)45-23-40-31-19-27(11-13-33(31)45)36(48)46-21-29(14-16-38(46,4)5)47-22-32(42-43-47)30-20-28(12-10-25(30)2)44(6)35-15-17-39-37(41-35)49-7/h8-13,15,17-20,22-23,29H,14,16,21H2,1-7H3. The molecule has 1 amide bonds. The van der Waals surface area contributed by atoms with Gasteiger partial charge in [0.2, 0.25) is 0 Å². The van der Waals surface area contributed by atoms with E-state index in [1.165, 1.54) is 11.1 Å². The van der Waals surface area contributed by atoms with Crippen LogP contribution in [0.25, 0.3) is 28.0 Å². The van der Waals surface area contributed by atoms with Crippen molar-refractivity contribution in [3.05, 3.63) is 102 Å². The number of anilines is 2. The first-order valence-electron chi connectivity index (χ1n) is 16.5. The highest BCUT2D eigenvalue weighted by Crippen LogP contribution is 2.36. The Bertz CT molecular complexity index is 2180. The number of rotatable bonds is 7. The molecular weight excluding hydrogens is 614 g/mol. The van der Waals surface area contributed by atoms with Crippen molar-refractivity contribution in [2.45, 2.75) is 59.0 Å². The van der Waals surface area contributed by atoms with Crippen molar-refractivity contribution in [3.63, 3.8) is 0 Å². The van der Waals surface area contributed by atoms with E-state index in [4.69, 9.17) is 4.74 Å². The Morgan fingerprint density at radius 3 is 2.61 bits per heavy atom. The minimum Gasteiger partial charge on any atom is -0.467 e. The van der Waals surface area contributed by atoms with Crippen LogP contribution in [0.4, 0.5) is 11.5 Å². The topological polar surface area (TPSA) is 107 Å². The molecule has 250 valence electrons. The molecule has 0 saturated carbocycles. The van der Waals surface area contributed by atoms with Crippen molar-refractivity contribution in [1.29, 1.82) is 0 Å². The van der Waals surface area contributed by atoms with Gasteiger partial charge in [-0.1, -0.05) is 23.4 Å². The molecule has 3 aromatic carbocycles. The molecule has 1 saturated heterocycles. The van der Waals surface area contributed by atoms with Gasteiger partial charge in [0.05, 0.1) is 36.1 Å². The lowest BCUT2D eigenvalue weighted by molar-refractivity contribution is 0.0309. The van der Waals surface area contributed by atoms with Crippen LogP contribution < -0.4 is 9.64 Å². The molecule has 1 unspecified atom stereocenters. The molecule has 0 bridgehead atoms. The van der Waals surface area contributed by atoms with Gasteiger partial charge in [-0.2, -0.15) is 4.98 Å². The second kappa shape index (κ2) is 12.5. The summed E-state index contributed by atoms with van der Waals surface area (Å²) < 4.78 is 9.23. The van der Waals surface area contributed by atoms with Crippen LogP contribution in [0.3, 0.4) is 0 Å². The van der Waals surface area contributed by atoms with Gasteiger partial charge in [0.15, 0.2) is 0 Å². The molecular formula is C38H41N9O2. The monoisotopic (exact) mass is 655 g/mol. The normalized spacial score (nSPS) is 15.8. The molecule has 1 atom stereocenters. The highest BCUT2D eigenvalue weighted by molar-refractivity contribution is 5.98. The lowest BCUT2D eigenvalue weighted by atomic mass is 9.87. The maximum absolute atomic E-state index is 14.2. The molecule has 49 heavy (non-hydrogen) atoms. The number of aryl methyl sites for hydroxylation is 3. The van der Waals surface area contributed by atoms with Gasteiger partial charge in [0.1, 0.15) is 17.8 Å². The Morgan fingerprint density at radius 1 is 0.980 bits per heavy atom. The van der Waals surface area contributed by atoms with Crippen LogP contribution in [0.15, 0.2) is 79.4 Å². The van der Waals surface area contributed by atoms with Crippen molar-refractivity contribution < 1.29 is 9.53 Å². The van der Waals surface area contributed by atoms with E-state index in [2.05, 4.69) is 101 Å². The number of carbonyl (C=O) groups excluding carboxylic acids is 1. The predicted octanol–water partition coefficient (Wildman–Crippen LogP) is 7.03. The van der Waals surface area contributed by atoms with E-state index < -0.39 is 0 Å². The van der Waals surface area contributed by atoms with Crippen molar-refractivity contribution in [1.82, 2.24) is 39.4 Å². The number of benzene rings is 3. The average Bonchev–Trinajstić information content (AvgIpc) is 3.76. The third-order valence-corrected chi connectivity index (χ3v) is 9.79. The molecule has 1 aliphatic heterocycles. The predicted molar refractivity (Wildman–Crippen MR) is 191 cm³/mol. The quantitative estimate of drug-likeness (QED) is 0.180. The fraction of sp³-hybridized carbons (Fsp3) is 0.316. The van der Waals surface area contributed by atoms with Crippen molar-refractivity contribution >= 4 is 28.4 Å². The summed E-state index contributed by atoms with van der Waals surface area (Å²) >= 11 is 0. The summed E-state index contributed by atoms with van der Waals surface area (Å²) in [7, 11) is 3.51. The van der Waals surface area contributed by atoms with Gasteiger partial charge in [0.25, 0.3) is 5.91 Å². The van der Waals surface area contributed by atoms with E-state index in [1.807, 2.05) is 58.3 Å². The van der Waals surface area contributed by atoms with Crippen LogP contribution in [0.2, 0.25) is 0 Å².